The second-order valence-electron chi connectivity index (χ2n) is 9.10. The number of imidazole rings is 1. The molecule has 1 rings (SSSR count). The molecule has 0 saturated heterocycles. The molecular weight excluding hydrogens is 486 g/mol. The molecule has 0 aliphatic rings. The molecule has 0 bridgehead atoms. The summed E-state index contributed by atoms with van der Waals surface area (Å²) in [4.78, 5) is 57.2. The number of carbonyl (C=O) groups excluding carboxylic acids is 3. The van der Waals surface area contributed by atoms with E-state index in [4.69, 9.17) is 11.5 Å². The molecule has 3 amide bonds. The second-order valence-corrected chi connectivity index (χ2v) is 10.1. The van der Waals surface area contributed by atoms with Gasteiger partial charge in [-0.2, -0.15) is 11.8 Å². The van der Waals surface area contributed by atoms with Crippen LogP contribution in [0.1, 0.15) is 51.6 Å². The van der Waals surface area contributed by atoms with Crippen molar-refractivity contribution in [3.8, 4) is 0 Å². The molecule has 1 aromatic heterocycles. The number of carboxylic acids is 1. The summed E-state index contributed by atoms with van der Waals surface area (Å²) in [6.07, 6.45) is 7.05. The number of aromatic nitrogens is 2. The number of amides is 3. The number of nitrogens with zero attached hydrogens (tertiary/aromatic N) is 1. The Bertz CT molecular complexity index is 822. The van der Waals surface area contributed by atoms with Crippen molar-refractivity contribution in [3.63, 3.8) is 0 Å². The van der Waals surface area contributed by atoms with Crippen LogP contribution in [-0.4, -0.2) is 81.5 Å². The molecule has 4 atom stereocenters. The van der Waals surface area contributed by atoms with Gasteiger partial charge in [-0.15, -0.1) is 0 Å². The Hall–Kier alpha value is -2.64. The van der Waals surface area contributed by atoms with Crippen LogP contribution in [0.3, 0.4) is 0 Å². The van der Waals surface area contributed by atoms with Crippen LogP contribution in [0, 0.1) is 5.92 Å². The summed E-state index contributed by atoms with van der Waals surface area (Å²) in [5.74, 6) is -1.98. The molecule has 1 aromatic rings. The van der Waals surface area contributed by atoms with E-state index in [9.17, 15) is 24.3 Å². The van der Waals surface area contributed by atoms with Crippen LogP contribution in [0.4, 0.5) is 0 Å². The highest BCUT2D eigenvalue weighted by molar-refractivity contribution is 7.98. The normalized spacial score (nSPS) is 14.5. The van der Waals surface area contributed by atoms with Gasteiger partial charge in [-0.05, 0) is 56.6 Å². The molecule has 13 heteroatoms. The average molecular weight is 528 g/mol. The third-order valence-corrected chi connectivity index (χ3v) is 6.12. The molecule has 0 saturated carbocycles. The number of aromatic amines is 1. The summed E-state index contributed by atoms with van der Waals surface area (Å²) in [7, 11) is 0. The number of hydrogen-bond acceptors (Lipinski definition) is 8. The summed E-state index contributed by atoms with van der Waals surface area (Å²) >= 11 is 1.52. The number of carboxylic acid groups (broad SMARTS) is 1. The summed E-state index contributed by atoms with van der Waals surface area (Å²) in [6.45, 7) is 4.32. The first kappa shape index (κ1) is 31.4. The van der Waals surface area contributed by atoms with E-state index in [0.717, 1.165) is 0 Å². The van der Waals surface area contributed by atoms with Crippen molar-refractivity contribution in [1.29, 1.82) is 0 Å². The number of carbonyl (C=O) groups is 4. The van der Waals surface area contributed by atoms with Crippen molar-refractivity contribution in [3.05, 3.63) is 18.2 Å². The molecule has 12 nitrogen and oxygen atoms in total. The molecule has 4 unspecified atom stereocenters. The predicted molar refractivity (Wildman–Crippen MR) is 139 cm³/mol. The van der Waals surface area contributed by atoms with Crippen LogP contribution in [0.25, 0.3) is 0 Å². The van der Waals surface area contributed by atoms with E-state index in [2.05, 4.69) is 25.9 Å². The Morgan fingerprint density at radius 1 is 1.03 bits per heavy atom. The van der Waals surface area contributed by atoms with Gasteiger partial charge in [0.25, 0.3) is 0 Å². The van der Waals surface area contributed by atoms with E-state index in [1.165, 1.54) is 24.3 Å². The lowest BCUT2D eigenvalue weighted by Crippen LogP contribution is -2.57. The zero-order valence-electron chi connectivity index (χ0n) is 21.3. The van der Waals surface area contributed by atoms with E-state index in [-0.39, 0.29) is 18.8 Å². The van der Waals surface area contributed by atoms with E-state index in [1.54, 1.807) is 0 Å². The second kappa shape index (κ2) is 16.9. The average Bonchev–Trinajstić information content (AvgIpc) is 3.33. The van der Waals surface area contributed by atoms with Gasteiger partial charge in [0, 0.05) is 18.3 Å². The highest BCUT2D eigenvalue weighted by Crippen LogP contribution is 2.08. The number of unbranched alkanes of at least 4 members (excludes halogenated alkanes) is 1. The monoisotopic (exact) mass is 527 g/mol. The van der Waals surface area contributed by atoms with Gasteiger partial charge in [-0.25, -0.2) is 9.78 Å². The van der Waals surface area contributed by atoms with Crippen molar-refractivity contribution in [2.45, 2.75) is 76.5 Å². The predicted octanol–water partition coefficient (Wildman–Crippen LogP) is -0.253. The van der Waals surface area contributed by atoms with Crippen LogP contribution in [0.5, 0.6) is 0 Å². The maximum atomic E-state index is 13.1. The topological polar surface area (TPSA) is 205 Å². The third kappa shape index (κ3) is 11.9. The molecule has 0 spiro atoms. The van der Waals surface area contributed by atoms with Crippen molar-refractivity contribution < 1.29 is 24.3 Å². The molecule has 9 N–H and O–H groups in total. The van der Waals surface area contributed by atoms with Crippen LogP contribution >= 0.6 is 11.8 Å². The van der Waals surface area contributed by atoms with E-state index >= 15 is 0 Å². The van der Waals surface area contributed by atoms with Gasteiger partial charge in [0.1, 0.15) is 18.1 Å². The Morgan fingerprint density at radius 3 is 2.17 bits per heavy atom. The zero-order valence-corrected chi connectivity index (χ0v) is 22.1. The van der Waals surface area contributed by atoms with Crippen molar-refractivity contribution >= 4 is 35.5 Å². The summed E-state index contributed by atoms with van der Waals surface area (Å²) in [6, 6.07) is -3.84. The molecule has 1 heterocycles. The Labute approximate surface area is 216 Å². The maximum absolute atomic E-state index is 13.1. The SMILES string of the molecule is CSCCC(NC(=O)C(N)CC(C)C)C(=O)NC(CCCCN)C(=O)NC(Cc1cnc[nH]1)C(=O)O. The van der Waals surface area contributed by atoms with Crippen LogP contribution < -0.4 is 27.4 Å². The fraction of sp³-hybridized carbons (Fsp3) is 0.696. The summed E-state index contributed by atoms with van der Waals surface area (Å²) in [5, 5.41) is 17.5. The standard InChI is InChI=1S/C23H41N7O5S/c1-14(2)10-16(25)20(31)28-18(7-9-36-3)22(33)29-17(6-4-5-8-24)21(32)30-19(23(34)35)11-15-12-26-13-27-15/h12-14,16-19H,4-11,24-25H2,1-3H3,(H,26,27)(H,28,31)(H,29,33)(H,30,32)(H,34,35). The molecule has 0 aromatic carbocycles. The highest BCUT2D eigenvalue weighted by Gasteiger charge is 2.30. The molecular formula is C23H41N7O5S. The number of H-pyrrole nitrogens is 1. The van der Waals surface area contributed by atoms with Gasteiger partial charge in [0.05, 0.1) is 12.4 Å². The fourth-order valence-electron chi connectivity index (χ4n) is 3.52. The lowest BCUT2D eigenvalue weighted by atomic mass is 10.0. The van der Waals surface area contributed by atoms with E-state index < -0.39 is 47.9 Å². The quantitative estimate of drug-likeness (QED) is 0.125. The molecule has 0 radical (unpaired) electrons. The van der Waals surface area contributed by atoms with Crippen molar-refractivity contribution in [1.82, 2.24) is 25.9 Å². The number of nitrogens with two attached hydrogens (primary N) is 2. The minimum Gasteiger partial charge on any atom is -0.480 e. The number of rotatable bonds is 18. The van der Waals surface area contributed by atoms with E-state index in [0.29, 0.717) is 43.7 Å². The smallest absolute Gasteiger partial charge is 0.326 e. The maximum Gasteiger partial charge on any atom is 0.326 e. The molecule has 0 aliphatic carbocycles. The highest BCUT2D eigenvalue weighted by atomic mass is 32.2. The summed E-state index contributed by atoms with van der Waals surface area (Å²) < 4.78 is 0. The van der Waals surface area contributed by atoms with Crippen LogP contribution in [0.15, 0.2) is 12.5 Å². The van der Waals surface area contributed by atoms with Gasteiger partial charge < -0.3 is 37.5 Å². The Kier molecular flexibility index (Phi) is 14.8. The molecule has 0 fully saturated rings. The van der Waals surface area contributed by atoms with Gasteiger partial charge in [0.2, 0.25) is 17.7 Å². The zero-order chi connectivity index (χ0) is 27.1. The fourth-order valence-corrected chi connectivity index (χ4v) is 3.99. The number of hydrogen-bond donors (Lipinski definition) is 7. The Balaban J connectivity index is 2.95. The first-order valence-corrected chi connectivity index (χ1v) is 13.5. The summed E-state index contributed by atoms with van der Waals surface area (Å²) in [5.41, 5.74) is 12.1. The number of thioether (sulfide) groups is 1. The lowest BCUT2D eigenvalue weighted by molar-refractivity contribution is -0.142. The minimum absolute atomic E-state index is 0.00465. The van der Waals surface area contributed by atoms with Gasteiger partial charge in [-0.1, -0.05) is 13.8 Å². The van der Waals surface area contributed by atoms with Gasteiger partial charge in [-0.3, -0.25) is 14.4 Å². The van der Waals surface area contributed by atoms with E-state index in [1.807, 2.05) is 20.1 Å². The number of nitrogens with one attached hydrogen (secondary N) is 4. The molecule has 0 aliphatic heterocycles. The van der Waals surface area contributed by atoms with Gasteiger partial charge in [0.15, 0.2) is 0 Å². The van der Waals surface area contributed by atoms with Gasteiger partial charge >= 0.3 is 5.97 Å². The Morgan fingerprint density at radius 2 is 1.64 bits per heavy atom. The lowest BCUT2D eigenvalue weighted by Gasteiger charge is -2.25. The number of aliphatic carboxylic acids is 1. The largest absolute Gasteiger partial charge is 0.480 e. The first-order valence-electron chi connectivity index (χ1n) is 12.1. The van der Waals surface area contributed by atoms with Crippen molar-refractivity contribution in [2.24, 2.45) is 17.4 Å². The van der Waals surface area contributed by atoms with Crippen LogP contribution in [-0.2, 0) is 25.6 Å². The third-order valence-electron chi connectivity index (χ3n) is 5.48. The van der Waals surface area contributed by atoms with Crippen LogP contribution in [0.2, 0.25) is 0 Å². The van der Waals surface area contributed by atoms with Crippen molar-refractivity contribution in [2.75, 3.05) is 18.6 Å². The minimum atomic E-state index is -1.21. The molecule has 36 heavy (non-hydrogen) atoms. The first-order chi connectivity index (χ1) is 17.1. The molecule has 204 valence electrons.